The summed E-state index contributed by atoms with van der Waals surface area (Å²) < 4.78 is 32.1. The van der Waals surface area contributed by atoms with Gasteiger partial charge < -0.3 is 0 Å². The van der Waals surface area contributed by atoms with Crippen LogP contribution in [0.25, 0.3) is 0 Å². The summed E-state index contributed by atoms with van der Waals surface area (Å²) in [6.45, 7) is 5.88. The van der Waals surface area contributed by atoms with Gasteiger partial charge in [0, 0.05) is 19.5 Å². The summed E-state index contributed by atoms with van der Waals surface area (Å²) in [5.74, 6) is -0.542. The molecule has 0 bridgehead atoms. The van der Waals surface area contributed by atoms with E-state index in [9.17, 15) is 8.42 Å². The molecule has 0 N–H and O–H groups in total. The van der Waals surface area contributed by atoms with E-state index in [0.29, 0.717) is 12.3 Å². The zero-order chi connectivity index (χ0) is 11.8. The Kier molecular flexibility index (Phi) is 3.27. The Hall–Kier alpha value is -0.170. The molecule has 1 spiro atoms. The van der Waals surface area contributed by atoms with Gasteiger partial charge in [-0.15, -0.1) is 0 Å². The Morgan fingerprint density at radius 1 is 1.44 bits per heavy atom. The Morgan fingerprint density at radius 3 is 2.69 bits per heavy atom. The van der Waals surface area contributed by atoms with Crippen molar-refractivity contribution >= 4 is 10.4 Å². The lowest BCUT2D eigenvalue weighted by Crippen LogP contribution is -2.65. The molecule has 0 aromatic heterocycles. The Balaban J connectivity index is 2.05. The normalized spacial score (nSPS) is 32.5. The zero-order valence-electron chi connectivity index (χ0n) is 9.81. The molecule has 1 atom stereocenters. The van der Waals surface area contributed by atoms with Crippen LogP contribution in [0.5, 0.6) is 0 Å². The van der Waals surface area contributed by atoms with Gasteiger partial charge in [0.25, 0.3) is 5.91 Å². The minimum absolute atomic E-state index is 0.438. The molecular formula is C10H19NO4S. The van der Waals surface area contributed by atoms with Crippen molar-refractivity contribution in [3.8, 4) is 0 Å². The monoisotopic (exact) mass is 249 g/mol. The quantitative estimate of drug-likeness (QED) is 0.758. The average molecular weight is 249 g/mol. The van der Waals surface area contributed by atoms with Crippen LogP contribution in [0.4, 0.5) is 0 Å². The molecule has 0 saturated carbocycles. The molecule has 2 aliphatic heterocycles. The van der Waals surface area contributed by atoms with Gasteiger partial charge in [0.2, 0.25) is 0 Å². The fourth-order valence-electron chi connectivity index (χ4n) is 2.35. The van der Waals surface area contributed by atoms with E-state index in [-0.39, 0.29) is 0 Å². The molecule has 0 aromatic rings. The van der Waals surface area contributed by atoms with Gasteiger partial charge in [-0.25, -0.2) is 0 Å². The predicted octanol–water partition coefficient (Wildman–Crippen LogP) is 1.46. The number of hydrogen-bond donors (Lipinski definition) is 0. The van der Waals surface area contributed by atoms with Crippen LogP contribution in [-0.2, 0) is 18.8 Å². The van der Waals surface area contributed by atoms with Crippen molar-refractivity contribution in [2.75, 3.05) is 13.1 Å². The van der Waals surface area contributed by atoms with E-state index in [2.05, 4.69) is 13.8 Å². The first-order valence-electron chi connectivity index (χ1n) is 5.89. The summed E-state index contributed by atoms with van der Waals surface area (Å²) in [6, 6.07) is 0. The van der Waals surface area contributed by atoms with E-state index in [1.807, 2.05) is 4.90 Å². The van der Waals surface area contributed by atoms with Crippen molar-refractivity contribution in [3.63, 3.8) is 0 Å². The minimum Gasteiger partial charge on any atom is -0.250 e. The van der Waals surface area contributed by atoms with Gasteiger partial charge in [0.15, 0.2) is 0 Å². The first-order valence-corrected chi connectivity index (χ1v) is 7.22. The Morgan fingerprint density at radius 2 is 2.12 bits per heavy atom. The number of rotatable bonds is 3. The largest absolute Gasteiger partial charge is 0.407 e. The van der Waals surface area contributed by atoms with Gasteiger partial charge in [-0.2, -0.15) is 16.8 Å². The van der Waals surface area contributed by atoms with Crippen LogP contribution >= 0.6 is 0 Å². The van der Waals surface area contributed by atoms with Crippen molar-refractivity contribution in [1.29, 1.82) is 0 Å². The summed E-state index contributed by atoms with van der Waals surface area (Å²) >= 11 is 0. The molecule has 0 aromatic carbocycles. The minimum atomic E-state index is -3.71. The molecule has 6 heteroatoms. The fourth-order valence-corrected chi connectivity index (χ4v) is 3.35. The molecule has 2 saturated heterocycles. The second kappa shape index (κ2) is 4.25. The number of nitrogens with zero attached hydrogens (tertiary/aromatic N) is 1. The molecule has 5 nitrogen and oxygen atoms in total. The van der Waals surface area contributed by atoms with Crippen LogP contribution < -0.4 is 0 Å². The molecule has 0 radical (unpaired) electrons. The van der Waals surface area contributed by atoms with Crippen LogP contribution in [0, 0.1) is 5.92 Å². The highest BCUT2D eigenvalue weighted by molar-refractivity contribution is 7.82. The topological polar surface area (TPSA) is 55.8 Å². The van der Waals surface area contributed by atoms with Crippen molar-refractivity contribution in [2.24, 2.45) is 5.92 Å². The number of likely N-dealkylation sites (tertiary alicyclic amines) is 1. The summed E-state index contributed by atoms with van der Waals surface area (Å²) in [7, 11) is -3.71. The molecule has 2 aliphatic rings. The first-order chi connectivity index (χ1) is 7.47. The molecule has 16 heavy (non-hydrogen) atoms. The van der Waals surface area contributed by atoms with Crippen LogP contribution in [0.15, 0.2) is 0 Å². The molecule has 0 aliphatic carbocycles. The van der Waals surface area contributed by atoms with Gasteiger partial charge in [-0.05, 0) is 18.8 Å². The highest BCUT2D eigenvalue weighted by Gasteiger charge is 2.58. The standard InChI is InChI=1S/C10H19NO4S/c1-3-4-6-11-7-5-9(2)8-10(11)14-16(12,13)15-10/h9H,3-8H2,1-2H3. The third kappa shape index (κ3) is 2.25. The van der Waals surface area contributed by atoms with E-state index < -0.39 is 16.3 Å². The summed E-state index contributed by atoms with van der Waals surface area (Å²) in [5.41, 5.74) is 0. The molecule has 94 valence electrons. The van der Waals surface area contributed by atoms with Crippen LogP contribution in [0.3, 0.4) is 0 Å². The van der Waals surface area contributed by atoms with Gasteiger partial charge in [0.05, 0.1) is 0 Å². The highest BCUT2D eigenvalue weighted by Crippen LogP contribution is 2.43. The van der Waals surface area contributed by atoms with Crippen molar-refractivity contribution in [2.45, 2.75) is 45.4 Å². The second-order valence-corrected chi connectivity index (χ2v) is 5.88. The number of unbranched alkanes of at least 4 members (excludes halogenated alkanes) is 1. The predicted molar refractivity (Wildman–Crippen MR) is 58.7 cm³/mol. The Bertz CT molecular complexity index is 340. The average Bonchev–Trinajstić information content (AvgIpc) is 2.13. The summed E-state index contributed by atoms with van der Waals surface area (Å²) in [4.78, 5) is 2.01. The van der Waals surface area contributed by atoms with Crippen LogP contribution in [0.2, 0.25) is 0 Å². The van der Waals surface area contributed by atoms with Crippen molar-refractivity contribution in [1.82, 2.24) is 4.90 Å². The van der Waals surface area contributed by atoms with Crippen molar-refractivity contribution in [3.05, 3.63) is 0 Å². The molecular weight excluding hydrogens is 230 g/mol. The maximum atomic E-state index is 11.0. The Labute approximate surface area is 97.0 Å². The summed E-state index contributed by atoms with van der Waals surface area (Å²) in [6.07, 6.45) is 3.81. The maximum Gasteiger partial charge on any atom is 0.407 e. The SMILES string of the molecule is CCCCN1CCC(C)CC12OS(=O)(=O)O2. The summed E-state index contributed by atoms with van der Waals surface area (Å²) in [5, 5.41) is 0. The van der Waals surface area contributed by atoms with Gasteiger partial charge in [-0.1, -0.05) is 20.3 Å². The maximum absolute atomic E-state index is 11.0. The van der Waals surface area contributed by atoms with Crippen LogP contribution in [-0.4, -0.2) is 32.3 Å². The van der Waals surface area contributed by atoms with E-state index in [1.54, 1.807) is 0 Å². The number of piperidine rings is 1. The van der Waals surface area contributed by atoms with E-state index in [0.717, 1.165) is 32.4 Å². The molecule has 2 heterocycles. The lowest BCUT2D eigenvalue weighted by Gasteiger charge is -2.50. The lowest BCUT2D eigenvalue weighted by molar-refractivity contribution is -0.301. The van der Waals surface area contributed by atoms with Crippen molar-refractivity contribution < 1.29 is 16.8 Å². The molecule has 2 fully saturated rings. The van der Waals surface area contributed by atoms with Gasteiger partial charge in [-0.3, -0.25) is 4.90 Å². The number of hydrogen-bond acceptors (Lipinski definition) is 5. The lowest BCUT2D eigenvalue weighted by atomic mass is 9.95. The molecule has 1 unspecified atom stereocenters. The van der Waals surface area contributed by atoms with E-state index in [1.165, 1.54) is 0 Å². The second-order valence-electron chi connectivity index (χ2n) is 4.73. The molecule has 0 amide bonds. The van der Waals surface area contributed by atoms with E-state index >= 15 is 0 Å². The van der Waals surface area contributed by atoms with Gasteiger partial charge in [0.1, 0.15) is 0 Å². The molecule has 2 rings (SSSR count). The fraction of sp³-hybridized carbons (Fsp3) is 1.00. The van der Waals surface area contributed by atoms with E-state index in [4.69, 9.17) is 8.37 Å². The smallest absolute Gasteiger partial charge is 0.250 e. The first kappa shape index (κ1) is 12.3. The third-order valence-electron chi connectivity index (χ3n) is 3.23. The zero-order valence-corrected chi connectivity index (χ0v) is 10.6. The third-order valence-corrected chi connectivity index (χ3v) is 4.16. The highest BCUT2D eigenvalue weighted by atomic mass is 32.3. The van der Waals surface area contributed by atoms with Crippen LogP contribution in [0.1, 0.15) is 39.5 Å². The van der Waals surface area contributed by atoms with Gasteiger partial charge >= 0.3 is 10.4 Å².